The Morgan fingerprint density at radius 3 is 2.85 bits per heavy atom. The largest absolute Gasteiger partial charge is 0.389 e. The van der Waals surface area contributed by atoms with Crippen molar-refractivity contribution in [2.24, 2.45) is 0 Å². The lowest BCUT2D eigenvalue weighted by Crippen LogP contribution is -2.57. The number of ether oxygens (including phenoxy) is 1. The van der Waals surface area contributed by atoms with Crippen LogP contribution in [0, 0.1) is 0 Å². The fourth-order valence-corrected chi connectivity index (χ4v) is 3.23. The summed E-state index contributed by atoms with van der Waals surface area (Å²) in [5, 5.41) is 15.3. The summed E-state index contributed by atoms with van der Waals surface area (Å²) in [6.07, 6.45) is 3.37. The molecule has 2 N–H and O–H groups in total. The van der Waals surface area contributed by atoms with Gasteiger partial charge in [0, 0.05) is 23.5 Å². The normalized spacial score (nSPS) is 19.0. The van der Waals surface area contributed by atoms with Crippen molar-refractivity contribution in [3.8, 4) is 0 Å². The average Bonchev–Trinajstić information content (AvgIpc) is 2.85. The van der Waals surface area contributed by atoms with Crippen LogP contribution in [0.3, 0.4) is 0 Å². The number of nitrogens with one attached hydrogen (secondary N) is 1. The standard InChI is InChI=1S/C15H26N2O2S/c1-17(2)15(6-4-7-15)12-16-9-13(18)10-19-11-14-5-3-8-20-14/h3,5,8,13,16,18H,4,6-7,9-12H2,1-2H3. The van der Waals surface area contributed by atoms with Gasteiger partial charge in [-0.25, -0.2) is 0 Å². The molecule has 0 aliphatic heterocycles. The molecule has 0 radical (unpaired) electrons. The molecule has 0 bridgehead atoms. The van der Waals surface area contributed by atoms with Crippen LogP contribution < -0.4 is 5.32 Å². The molecule has 0 saturated heterocycles. The first kappa shape index (κ1) is 15.9. The quantitative estimate of drug-likeness (QED) is 0.728. The molecule has 1 aliphatic rings. The van der Waals surface area contributed by atoms with Crippen LogP contribution >= 0.6 is 11.3 Å². The summed E-state index contributed by atoms with van der Waals surface area (Å²) in [4.78, 5) is 3.51. The van der Waals surface area contributed by atoms with Crippen LogP contribution in [0.15, 0.2) is 17.5 Å². The zero-order chi connectivity index (χ0) is 14.4. The Labute approximate surface area is 125 Å². The van der Waals surface area contributed by atoms with Crippen LogP contribution in [-0.4, -0.2) is 55.4 Å². The van der Waals surface area contributed by atoms with E-state index in [0.717, 1.165) is 6.54 Å². The number of nitrogens with zero attached hydrogens (tertiary/aromatic N) is 1. The Hall–Kier alpha value is -0.460. The molecule has 1 aliphatic carbocycles. The molecule has 0 aromatic carbocycles. The number of thiophene rings is 1. The molecule has 5 heteroatoms. The van der Waals surface area contributed by atoms with Gasteiger partial charge in [0.1, 0.15) is 0 Å². The molecule has 1 unspecified atom stereocenters. The van der Waals surface area contributed by atoms with E-state index in [1.165, 1.54) is 24.1 Å². The lowest BCUT2D eigenvalue weighted by molar-refractivity contribution is 0.0216. The third-order valence-corrected chi connectivity index (χ3v) is 5.05. The van der Waals surface area contributed by atoms with Gasteiger partial charge in [-0.05, 0) is 44.8 Å². The first-order valence-corrected chi connectivity index (χ1v) is 8.17. The van der Waals surface area contributed by atoms with Crippen molar-refractivity contribution in [2.45, 2.75) is 37.5 Å². The van der Waals surface area contributed by atoms with Gasteiger partial charge in [-0.15, -0.1) is 11.3 Å². The molecule has 114 valence electrons. The Bertz CT molecular complexity index is 377. The van der Waals surface area contributed by atoms with Gasteiger partial charge in [0.2, 0.25) is 0 Å². The van der Waals surface area contributed by atoms with Gasteiger partial charge in [0.05, 0.1) is 19.3 Å². The predicted molar refractivity (Wildman–Crippen MR) is 83.1 cm³/mol. The van der Waals surface area contributed by atoms with Gasteiger partial charge >= 0.3 is 0 Å². The van der Waals surface area contributed by atoms with E-state index in [1.54, 1.807) is 11.3 Å². The van der Waals surface area contributed by atoms with E-state index >= 15 is 0 Å². The fraction of sp³-hybridized carbons (Fsp3) is 0.733. The number of likely N-dealkylation sites (N-methyl/N-ethyl adjacent to an activating group) is 1. The van der Waals surface area contributed by atoms with Crippen LogP contribution in [0.1, 0.15) is 24.1 Å². The van der Waals surface area contributed by atoms with Gasteiger partial charge < -0.3 is 20.1 Å². The molecule has 1 fully saturated rings. The highest BCUT2D eigenvalue weighted by Crippen LogP contribution is 2.35. The average molecular weight is 298 g/mol. The maximum absolute atomic E-state index is 9.91. The fourth-order valence-electron chi connectivity index (χ4n) is 2.59. The Kier molecular flexibility index (Phi) is 5.99. The minimum absolute atomic E-state index is 0.303. The topological polar surface area (TPSA) is 44.7 Å². The SMILES string of the molecule is CN(C)C1(CNCC(O)COCc2cccs2)CCC1. The molecule has 1 atom stereocenters. The van der Waals surface area contributed by atoms with Crippen molar-refractivity contribution in [1.29, 1.82) is 0 Å². The number of hydrogen-bond acceptors (Lipinski definition) is 5. The third kappa shape index (κ3) is 4.27. The van der Waals surface area contributed by atoms with E-state index in [2.05, 4.69) is 24.3 Å². The van der Waals surface area contributed by atoms with E-state index in [-0.39, 0.29) is 0 Å². The Morgan fingerprint density at radius 2 is 2.30 bits per heavy atom. The molecule has 4 nitrogen and oxygen atoms in total. The van der Waals surface area contributed by atoms with Gasteiger partial charge in [0.25, 0.3) is 0 Å². The molecule has 20 heavy (non-hydrogen) atoms. The maximum atomic E-state index is 9.91. The lowest BCUT2D eigenvalue weighted by Gasteiger charge is -2.47. The number of aliphatic hydroxyl groups excluding tert-OH is 1. The second-order valence-electron chi connectivity index (χ2n) is 5.85. The van der Waals surface area contributed by atoms with Crippen LogP contribution in [0.4, 0.5) is 0 Å². The molecule has 2 rings (SSSR count). The van der Waals surface area contributed by atoms with E-state index in [0.29, 0.717) is 25.3 Å². The zero-order valence-corrected chi connectivity index (χ0v) is 13.3. The monoisotopic (exact) mass is 298 g/mol. The van der Waals surface area contributed by atoms with Crippen molar-refractivity contribution in [1.82, 2.24) is 10.2 Å². The summed E-state index contributed by atoms with van der Waals surface area (Å²) in [7, 11) is 4.28. The van der Waals surface area contributed by atoms with Gasteiger partial charge in [-0.3, -0.25) is 0 Å². The van der Waals surface area contributed by atoms with Crippen molar-refractivity contribution in [3.63, 3.8) is 0 Å². The van der Waals surface area contributed by atoms with Crippen LogP contribution in [-0.2, 0) is 11.3 Å². The zero-order valence-electron chi connectivity index (χ0n) is 12.5. The smallest absolute Gasteiger partial charge is 0.0897 e. The molecule has 1 aromatic rings. The van der Waals surface area contributed by atoms with Gasteiger partial charge in [-0.1, -0.05) is 6.07 Å². The number of aliphatic hydroxyl groups is 1. The second-order valence-corrected chi connectivity index (χ2v) is 6.88. The Morgan fingerprint density at radius 1 is 1.50 bits per heavy atom. The van der Waals surface area contributed by atoms with E-state index in [1.807, 2.05) is 17.5 Å². The summed E-state index contributed by atoms with van der Waals surface area (Å²) < 4.78 is 5.52. The summed E-state index contributed by atoms with van der Waals surface area (Å²) in [5.74, 6) is 0. The second kappa shape index (κ2) is 7.52. The van der Waals surface area contributed by atoms with E-state index in [4.69, 9.17) is 4.74 Å². The van der Waals surface area contributed by atoms with Crippen molar-refractivity contribution in [3.05, 3.63) is 22.4 Å². The summed E-state index contributed by atoms with van der Waals surface area (Å²) in [6, 6.07) is 4.06. The van der Waals surface area contributed by atoms with Gasteiger partial charge in [-0.2, -0.15) is 0 Å². The van der Waals surface area contributed by atoms with Crippen molar-refractivity contribution >= 4 is 11.3 Å². The predicted octanol–water partition coefficient (Wildman–Crippen LogP) is 1.70. The minimum Gasteiger partial charge on any atom is -0.389 e. The molecule has 1 heterocycles. The first-order valence-electron chi connectivity index (χ1n) is 7.29. The molecule has 0 spiro atoms. The molecule has 0 amide bonds. The highest BCUT2D eigenvalue weighted by molar-refractivity contribution is 7.09. The van der Waals surface area contributed by atoms with Crippen molar-refractivity contribution < 1.29 is 9.84 Å². The first-order chi connectivity index (χ1) is 9.62. The van der Waals surface area contributed by atoms with E-state index < -0.39 is 6.10 Å². The third-order valence-electron chi connectivity index (χ3n) is 4.20. The minimum atomic E-state index is -0.436. The highest BCUT2D eigenvalue weighted by atomic mass is 32.1. The number of hydrogen-bond donors (Lipinski definition) is 2. The molecule has 1 saturated carbocycles. The lowest BCUT2D eigenvalue weighted by atomic mass is 9.75. The van der Waals surface area contributed by atoms with Crippen LogP contribution in [0.2, 0.25) is 0 Å². The highest BCUT2D eigenvalue weighted by Gasteiger charge is 2.38. The Balaban J connectivity index is 1.57. The molecular weight excluding hydrogens is 272 g/mol. The van der Waals surface area contributed by atoms with Crippen LogP contribution in [0.25, 0.3) is 0 Å². The van der Waals surface area contributed by atoms with E-state index in [9.17, 15) is 5.11 Å². The van der Waals surface area contributed by atoms with Crippen molar-refractivity contribution in [2.75, 3.05) is 33.8 Å². The van der Waals surface area contributed by atoms with Crippen LogP contribution in [0.5, 0.6) is 0 Å². The summed E-state index contributed by atoms with van der Waals surface area (Å²) >= 11 is 1.68. The van der Waals surface area contributed by atoms with Gasteiger partial charge in [0.15, 0.2) is 0 Å². The molecule has 1 aromatic heterocycles. The number of rotatable bonds is 9. The summed E-state index contributed by atoms with van der Waals surface area (Å²) in [6.45, 7) is 2.53. The molecular formula is C15H26N2O2S. The maximum Gasteiger partial charge on any atom is 0.0897 e. The summed E-state index contributed by atoms with van der Waals surface area (Å²) in [5.41, 5.74) is 0.303.